The number of hydrogen-bond donors (Lipinski definition) is 1. The molecule has 0 aliphatic rings. The van der Waals surface area contributed by atoms with Gasteiger partial charge in [-0.3, -0.25) is 4.79 Å². The van der Waals surface area contributed by atoms with Gasteiger partial charge in [0.25, 0.3) is 5.91 Å². The van der Waals surface area contributed by atoms with Crippen LogP contribution in [0.25, 0.3) is 16.6 Å². The highest BCUT2D eigenvalue weighted by atomic mass is 16.5. The average Bonchev–Trinajstić information content (AvgIpc) is 3.24. The molecule has 1 aromatic carbocycles. The highest BCUT2D eigenvalue weighted by molar-refractivity contribution is 5.97. The molecule has 3 heterocycles. The fraction of sp³-hybridized carbons (Fsp3) is 0.118. The SMILES string of the molecule is COc1cccc2cc(CNC(=O)c3nccn4ccnc34)oc12. The lowest BCUT2D eigenvalue weighted by Gasteiger charge is -2.04. The van der Waals surface area contributed by atoms with Gasteiger partial charge < -0.3 is 18.9 Å². The molecular formula is C17H14N4O3. The Morgan fingerprint density at radius 1 is 1.29 bits per heavy atom. The Bertz CT molecular complexity index is 1030. The standard InChI is InChI=1S/C17H14N4O3/c1-23-13-4-2-3-11-9-12(24-15(11)13)10-20-17(22)14-16-19-6-8-21(16)7-5-18-14/h2-9H,10H2,1H3,(H,20,22). The molecule has 120 valence electrons. The molecule has 7 heteroatoms. The summed E-state index contributed by atoms with van der Waals surface area (Å²) >= 11 is 0. The number of methoxy groups -OCH3 is 1. The summed E-state index contributed by atoms with van der Waals surface area (Å²) in [4.78, 5) is 20.6. The lowest BCUT2D eigenvalue weighted by Crippen LogP contribution is -2.24. The van der Waals surface area contributed by atoms with Gasteiger partial charge >= 0.3 is 0 Å². The van der Waals surface area contributed by atoms with Crippen molar-refractivity contribution < 1.29 is 13.9 Å². The molecule has 0 atom stereocenters. The van der Waals surface area contributed by atoms with Crippen LogP contribution < -0.4 is 10.1 Å². The third kappa shape index (κ3) is 2.36. The van der Waals surface area contributed by atoms with Crippen LogP contribution in [-0.4, -0.2) is 27.4 Å². The lowest BCUT2D eigenvalue weighted by atomic mass is 10.2. The van der Waals surface area contributed by atoms with E-state index in [1.54, 1.807) is 36.3 Å². The van der Waals surface area contributed by atoms with Gasteiger partial charge in [-0.2, -0.15) is 0 Å². The molecule has 0 unspecified atom stereocenters. The summed E-state index contributed by atoms with van der Waals surface area (Å²) in [5, 5.41) is 3.73. The zero-order valence-electron chi connectivity index (χ0n) is 12.9. The van der Waals surface area contributed by atoms with Crippen molar-refractivity contribution in [2.45, 2.75) is 6.54 Å². The van der Waals surface area contributed by atoms with Crippen LogP contribution in [0.15, 0.2) is 53.5 Å². The van der Waals surface area contributed by atoms with E-state index in [-0.39, 0.29) is 18.1 Å². The van der Waals surface area contributed by atoms with Crippen LogP contribution >= 0.6 is 0 Å². The Morgan fingerprint density at radius 2 is 2.12 bits per heavy atom. The van der Waals surface area contributed by atoms with Crippen LogP contribution in [0, 0.1) is 0 Å². The molecule has 0 bridgehead atoms. The van der Waals surface area contributed by atoms with Crippen LogP contribution in [0.5, 0.6) is 5.75 Å². The van der Waals surface area contributed by atoms with E-state index in [2.05, 4.69) is 15.3 Å². The number of furan rings is 1. The maximum atomic E-state index is 12.4. The largest absolute Gasteiger partial charge is 0.493 e. The van der Waals surface area contributed by atoms with Crippen molar-refractivity contribution in [3.05, 3.63) is 60.5 Å². The molecule has 3 aromatic heterocycles. The summed E-state index contributed by atoms with van der Waals surface area (Å²) in [6.45, 7) is 0.250. The van der Waals surface area contributed by atoms with Crippen molar-refractivity contribution in [3.8, 4) is 5.75 Å². The Kier molecular flexibility index (Phi) is 3.38. The minimum absolute atomic E-state index is 0.250. The number of ether oxygens (including phenoxy) is 1. The summed E-state index contributed by atoms with van der Waals surface area (Å²) < 4.78 is 12.8. The van der Waals surface area contributed by atoms with Gasteiger partial charge in [-0.15, -0.1) is 0 Å². The number of benzene rings is 1. The first kappa shape index (κ1) is 14.3. The van der Waals surface area contributed by atoms with Gasteiger partial charge in [-0.05, 0) is 12.1 Å². The third-order valence-electron chi connectivity index (χ3n) is 3.73. The summed E-state index contributed by atoms with van der Waals surface area (Å²) in [6.07, 6.45) is 6.69. The number of aromatic nitrogens is 3. The average molecular weight is 322 g/mol. The number of rotatable bonds is 4. The van der Waals surface area contributed by atoms with Gasteiger partial charge in [0, 0.05) is 30.2 Å². The summed E-state index contributed by atoms with van der Waals surface area (Å²) in [5.74, 6) is 0.992. The number of amides is 1. The molecule has 0 radical (unpaired) electrons. The van der Waals surface area contributed by atoms with E-state index in [1.807, 2.05) is 24.3 Å². The predicted molar refractivity (Wildman–Crippen MR) is 86.9 cm³/mol. The van der Waals surface area contributed by atoms with Crippen molar-refractivity contribution in [3.63, 3.8) is 0 Å². The Morgan fingerprint density at radius 3 is 2.96 bits per heavy atom. The number of nitrogens with one attached hydrogen (secondary N) is 1. The highest BCUT2D eigenvalue weighted by Gasteiger charge is 2.14. The number of hydrogen-bond acceptors (Lipinski definition) is 5. The fourth-order valence-corrected chi connectivity index (χ4v) is 2.60. The number of nitrogens with zero attached hydrogens (tertiary/aromatic N) is 3. The Balaban J connectivity index is 1.56. The summed E-state index contributed by atoms with van der Waals surface area (Å²) in [5.41, 5.74) is 1.45. The molecule has 4 aromatic rings. The monoisotopic (exact) mass is 322 g/mol. The maximum absolute atomic E-state index is 12.4. The van der Waals surface area contributed by atoms with E-state index >= 15 is 0 Å². The van der Waals surface area contributed by atoms with E-state index < -0.39 is 0 Å². The number of imidazole rings is 1. The van der Waals surface area contributed by atoms with Gasteiger partial charge in [0.1, 0.15) is 5.76 Å². The van der Waals surface area contributed by atoms with E-state index in [1.165, 1.54) is 0 Å². The topological polar surface area (TPSA) is 81.7 Å². The first-order valence-corrected chi connectivity index (χ1v) is 7.37. The minimum atomic E-state index is -0.306. The molecule has 7 nitrogen and oxygen atoms in total. The number of fused-ring (bicyclic) bond motifs is 2. The molecular weight excluding hydrogens is 308 g/mol. The number of carbonyl (C=O) groups excluding carboxylic acids is 1. The fourth-order valence-electron chi connectivity index (χ4n) is 2.60. The molecule has 0 saturated carbocycles. The molecule has 0 aliphatic carbocycles. The van der Waals surface area contributed by atoms with Crippen molar-refractivity contribution >= 4 is 22.5 Å². The quantitative estimate of drug-likeness (QED) is 0.624. The first-order chi connectivity index (χ1) is 11.8. The predicted octanol–water partition coefficient (Wildman–Crippen LogP) is 2.41. The Labute approximate surface area is 136 Å². The van der Waals surface area contributed by atoms with Crippen molar-refractivity contribution in [1.29, 1.82) is 0 Å². The van der Waals surface area contributed by atoms with Crippen LogP contribution in [0.1, 0.15) is 16.2 Å². The van der Waals surface area contributed by atoms with E-state index in [0.29, 0.717) is 22.7 Å². The number of para-hydroxylation sites is 1. The molecule has 1 N–H and O–H groups in total. The zero-order chi connectivity index (χ0) is 16.5. The molecule has 0 saturated heterocycles. The van der Waals surface area contributed by atoms with Gasteiger partial charge in [0.2, 0.25) is 0 Å². The molecule has 0 aliphatic heterocycles. The van der Waals surface area contributed by atoms with Gasteiger partial charge in [0.15, 0.2) is 22.7 Å². The lowest BCUT2D eigenvalue weighted by molar-refractivity contribution is 0.0944. The summed E-state index contributed by atoms with van der Waals surface area (Å²) in [6, 6.07) is 7.53. The zero-order valence-corrected chi connectivity index (χ0v) is 12.9. The summed E-state index contributed by atoms with van der Waals surface area (Å²) in [7, 11) is 1.59. The molecule has 0 spiro atoms. The van der Waals surface area contributed by atoms with Crippen molar-refractivity contribution in [2.24, 2.45) is 0 Å². The van der Waals surface area contributed by atoms with Gasteiger partial charge in [0.05, 0.1) is 13.7 Å². The Hall–Kier alpha value is -3.35. The van der Waals surface area contributed by atoms with E-state index in [4.69, 9.17) is 9.15 Å². The second kappa shape index (κ2) is 5.69. The molecule has 4 rings (SSSR count). The van der Waals surface area contributed by atoms with Crippen molar-refractivity contribution in [1.82, 2.24) is 19.7 Å². The number of carbonyl (C=O) groups is 1. The van der Waals surface area contributed by atoms with E-state index in [0.717, 1.165) is 5.39 Å². The molecule has 0 fully saturated rings. The van der Waals surface area contributed by atoms with Crippen LogP contribution in [-0.2, 0) is 6.54 Å². The second-order valence-corrected chi connectivity index (χ2v) is 5.21. The smallest absolute Gasteiger partial charge is 0.274 e. The van der Waals surface area contributed by atoms with Crippen LogP contribution in [0.2, 0.25) is 0 Å². The highest BCUT2D eigenvalue weighted by Crippen LogP contribution is 2.28. The minimum Gasteiger partial charge on any atom is -0.493 e. The van der Waals surface area contributed by atoms with Gasteiger partial charge in [-0.25, -0.2) is 9.97 Å². The normalized spacial score (nSPS) is 11.0. The molecule has 24 heavy (non-hydrogen) atoms. The first-order valence-electron chi connectivity index (χ1n) is 7.37. The van der Waals surface area contributed by atoms with Crippen LogP contribution in [0.4, 0.5) is 0 Å². The molecule has 1 amide bonds. The second-order valence-electron chi connectivity index (χ2n) is 5.21. The van der Waals surface area contributed by atoms with Crippen LogP contribution in [0.3, 0.4) is 0 Å². The van der Waals surface area contributed by atoms with Gasteiger partial charge in [-0.1, -0.05) is 12.1 Å². The third-order valence-corrected chi connectivity index (χ3v) is 3.73. The van der Waals surface area contributed by atoms with E-state index in [9.17, 15) is 4.79 Å². The van der Waals surface area contributed by atoms with Crippen molar-refractivity contribution in [2.75, 3.05) is 7.11 Å². The maximum Gasteiger partial charge on any atom is 0.274 e.